The Kier molecular flexibility index (Phi) is 5.47. The molecule has 0 aliphatic carbocycles. The minimum atomic E-state index is -3.65. The maximum atomic E-state index is 11.1. The molecule has 118 valence electrons. The van der Waals surface area contributed by atoms with E-state index in [9.17, 15) is 8.42 Å². The quantitative estimate of drug-likeness (QED) is 0.562. The number of hydrogen-bond acceptors (Lipinski definition) is 4. The molecule has 5 N–H and O–H groups in total. The Balaban J connectivity index is 1.74. The number of aromatic nitrogens is 2. The van der Waals surface area contributed by atoms with Crippen molar-refractivity contribution in [2.75, 3.05) is 6.54 Å². The van der Waals surface area contributed by atoms with Crippen LogP contribution in [-0.4, -0.2) is 30.0 Å². The Morgan fingerprint density at radius 2 is 2.00 bits per heavy atom. The largest absolute Gasteiger partial charge is 0.362 e. The zero-order chi connectivity index (χ0) is 16.0. The smallest absolute Gasteiger partial charge is 0.238 e. The van der Waals surface area contributed by atoms with Gasteiger partial charge in [0.1, 0.15) is 0 Å². The number of rotatable bonds is 6. The molecule has 1 heterocycles. The second-order valence-corrected chi connectivity index (χ2v) is 6.58. The number of aromatic amines is 1. The zero-order valence-corrected chi connectivity index (χ0v) is 13.4. The second-order valence-electron chi connectivity index (χ2n) is 4.61. The van der Waals surface area contributed by atoms with E-state index in [-0.39, 0.29) is 4.90 Å². The number of nitrogens with one attached hydrogen (secondary N) is 3. The number of sulfonamides is 1. The van der Waals surface area contributed by atoms with Crippen LogP contribution < -0.4 is 15.8 Å². The minimum absolute atomic E-state index is 0.0935. The highest BCUT2D eigenvalue weighted by atomic mass is 32.2. The number of imidazole rings is 1. The second kappa shape index (κ2) is 7.34. The number of nitrogens with two attached hydrogens (primary N) is 1. The summed E-state index contributed by atoms with van der Waals surface area (Å²) in [5.41, 5.74) is 1.87. The third-order valence-corrected chi connectivity index (χ3v) is 4.14. The van der Waals surface area contributed by atoms with Gasteiger partial charge in [-0.15, -0.1) is 0 Å². The van der Waals surface area contributed by atoms with Crippen molar-refractivity contribution in [3.8, 4) is 0 Å². The molecule has 0 radical (unpaired) electrons. The number of H-pyrrole nitrogens is 1. The molecular weight excluding hydrogens is 322 g/mol. The van der Waals surface area contributed by atoms with Crippen LogP contribution in [0.15, 0.2) is 41.7 Å². The lowest BCUT2D eigenvalue weighted by molar-refractivity contribution is 0.597. The van der Waals surface area contributed by atoms with E-state index in [4.69, 9.17) is 17.4 Å². The Labute approximate surface area is 134 Å². The fourth-order valence-corrected chi connectivity index (χ4v) is 2.46. The SMILES string of the molecule is NS(=O)(=O)c1ccc(CNC(=S)NCCc2c[nH]cn2)cc1. The summed E-state index contributed by atoms with van der Waals surface area (Å²) < 4.78 is 22.3. The molecule has 0 amide bonds. The highest BCUT2D eigenvalue weighted by molar-refractivity contribution is 7.89. The molecule has 0 aliphatic heterocycles. The topological polar surface area (TPSA) is 113 Å². The number of primary sulfonamides is 1. The van der Waals surface area contributed by atoms with E-state index < -0.39 is 10.0 Å². The summed E-state index contributed by atoms with van der Waals surface area (Å²) in [5, 5.41) is 11.7. The first kappa shape index (κ1) is 16.4. The standard InChI is InChI=1S/C13H17N5O2S2/c14-22(19,20)12-3-1-10(2-4-12)7-17-13(21)16-6-5-11-8-15-9-18-11/h1-4,8-9H,5-7H2,(H,15,18)(H2,14,19,20)(H2,16,17,21). The molecular formula is C13H17N5O2S2. The lowest BCUT2D eigenvalue weighted by atomic mass is 10.2. The molecule has 0 fully saturated rings. The summed E-state index contributed by atoms with van der Waals surface area (Å²) in [5.74, 6) is 0. The van der Waals surface area contributed by atoms with Crippen molar-refractivity contribution in [3.05, 3.63) is 48.0 Å². The summed E-state index contributed by atoms with van der Waals surface area (Å²) >= 11 is 5.17. The Bertz CT molecular complexity index is 711. The predicted molar refractivity (Wildman–Crippen MR) is 87.5 cm³/mol. The van der Waals surface area contributed by atoms with Crippen molar-refractivity contribution in [2.45, 2.75) is 17.9 Å². The molecule has 2 rings (SSSR count). The van der Waals surface area contributed by atoms with E-state index in [1.807, 2.05) is 6.20 Å². The maximum absolute atomic E-state index is 11.1. The third-order valence-electron chi connectivity index (χ3n) is 2.93. The van der Waals surface area contributed by atoms with Gasteiger partial charge in [-0.3, -0.25) is 0 Å². The summed E-state index contributed by atoms with van der Waals surface area (Å²) in [6, 6.07) is 6.33. The van der Waals surface area contributed by atoms with Gasteiger partial charge in [0.15, 0.2) is 5.11 Å². The monoisotopic (exact) mass is 339 g/mol. The van der Waals surface area contributed by atoms with Crippen molar-refractivity contribution in [2.24, 2.45) is 5.14 Å². The van der Waals surface area contributed by atoms with Gasteiger partial charge >= 0.3 is 0 Å². The lowest BCUT2D eigenvalue weighted by Gasteiger charge is -2.10. The molecule has 0 saturated carbocycles. The summed E-state index contributed by atoms with van der Waals surface area (Å²) in [7, 11) is -3.65. The van der Waals surface area contributed by atoms with Gasteiger partial charge in [-0.2, -0.15) is 0 Å². The van der Waals surface area contributed by atoms with Crippen LogP contribution in [0, 0.1) is 0 Å². The van der Waals surface area contributed by atoms with Crippen molar-refractivity contribution in [1.29, 1.82) is 0 Å². The summed E-state index contributed by atoms with van der Waals surface area (Å²) in [6.07, 6.45) is 4.25. The molecule has 0 aliphatic rings. The van der Waals surface area contributed by atoms with Crippen LogP contribution in [0.25, 0.3) is 0 Å². The van der Waals surface area contributed by atoms with Gasteiger partial charge < -0.3 is 15.6 Å². The van der Waals surface area contributed by atoms with Gasteiger partial charge in [0, 0.05) is 25.7 Å². The molecule has 1 aromatic carbocycles. The highest BCUT2D eigenvalue weighted by Gasteiger charge is 2.06. The average molecular weight is 339 g/mol. The van der Waals surface area contributed by atoms with Crippen LogP contribution >= 0.6 is 12.2 Å². The molecule has 0 bridgehead atoms. The van der Waals surface area contributed by atoms with Gasteiger partial charge in [-0.1, -0.05) is 12.1 Å². The Morgan fingerprint density at radius 1 is 1.27 bits per heavy atom. The molecule has 22 heavy (non-hydrogen) atoms. The van der Waals surface area contributed by atoms with Crippen molar-refractivity contribution in [3.63, 3.8) is 0 Å². The molecule has 7 nitrogen and oxygen atoms in total. The van der Waals surface area contributed by atoms with Crippen LogP contribution in [0.3, 0.4) is 0 Å². The lowest BCUT2D eigenvalue weighted by Crippen LogP contribution is -2.35. The fraction of sp³-hybridized carbons (Fsp3) is 0.231. The average Bonchev–Trinajstić information content (AvgIpc) is 2.98. The van der Waals surface area contributed by atoms with Crippen molar-refractivity contribution >= 4 is 27.4 Å². The first-order chi connectivity index (χ1) is 10.4. The number of thiocarbonyl (C=S) groups is 1. The van der Waals surface area contributed by atoms with E-state index in [1.54, 1.807) is 18.5 Å². The molecule has 9 heteroatoms. The molecule has 0 unspecified atom stereocenters. The van der Waals surface area contributed by atoms with Gasteiger partial charge in [0.05, 0.1) is 16.9 Å². The molecule has 0 spiro atoms. The highest BCUT2D eigenvalue weighted by Crippen LogP contribution is 2.08. The molecule has 0 atom stereocenters. The Morgan fingerprint density at radius 3 is 2.59 bits per heavy atom. The number of hydrogen-bond donors (Lipinski definition) is 4. The van der Waals surface area contributed by atoms with Crippen molar-refractivity contribution in [1.82, 2.24) is 20.6 Å². The van der Waals surface area contributed by atoms with Gasteiger partial charge in [-0.25, -0.2) is 18.5 Å². The van der Waals surface area contributed by atoms with Gasteiger partial charge in [0.2, 0.25) is 10.0 Å². The van der Waals surface area contributed by atoms with E-state index in [0.717, 1.165) is 17.7 Å². The maximum Gasteiger partial charge on any atom is 0.238 e. The van der Waals surface area contributed by atoms with Crippen LogP contribution in [0.5, 0.6) is 0 Å². The van der Waals surface area contributed by atoms with Crippen LogP contribution in [-0.2, 0) is 23.0 Å². The third kappa shape index (κ3) is 5.10. The first-order valence-electron chi connectivity index (χ1n) is 6.56. The van der Waals surface area contributed by atoms with E-state index in [2.05, 4.69) is 20.6 Å². The fourth-order valence-electron chi connectivity index (χ4n) is 1.77. The van der Waals surface area contributed by atoms with E-state index >= 15 is 0 Å². The summed E-state index contributed by atoms with van der Waals surface area (Å²) in [6.45, 7) is 1.18. The van der Waals surface area contributed by atoms with Gasteiger partial charge in [-0.05, 0) is 29.9 Å². The summed E-state index contributed by atoms with van der Waals surface area (Å²) in [4.78, 5) is 7.10. The van der Waals surface area contributed by atoms with Crippen LogP contribution in [0.2, 0.25) is 0 Å². The first-order valence-corrected chi connectivity index (χ1v) is 8.52. The molecule has 0 saturated heterocycles. The van der Waals surface area contributed by atoms with Crippen LogP contribution in [0.1, 0.15) is 11.3 Å². The minimum Gasteiger partial charge on any atom is -0.362 e. The predicted octanol–water partition coefficient (Wildman–Crippen LogP) is 0.264. The number of nitrogens with zero attached hydrogens (tertiary/aromatic N) is 1. The van der Waals surface area contributed by atoms with Crippen LogP contribution in [0.4, 0.5) is 0 Å². The number of benzene rings is 1. The van der Waals surface area contributed by atoms with E-state index in [0.29, 0.717) is 18.2 Å². The Hall–Kier alpha value is -1.97. The van der Waals surface area contributed by atoms with Crippen molar-refractivity contribution < 1.29 is 8.42 Å². The zero-order valence-electron chi connectivity index (χ0n) is 11.7. The van der Waals surface area contributed by atoms with Gasteiger partial charge in [0.25, 0.3) is 0 Å². The molecule has 2 aromatic rings. The van der Waals surface area contributed by atoms with E-state index in [1.165, 1.54) is 12.1 Å². The molecule has 1 aromatic heterocycles. The normalized spacial score (nSPS) is 11.1.